The molecule has 5 nitrogen and oxygen atoms in total. The fourth-order valence-electron chi connectivity index (χ4n) is 3.33. The topological polar surface area (TPSA) is 58.6 Å². The van der Waals surface area contributed by atoms with Gasteiger partial charge in [0.2, 0.25) is 5.91 Å². The van der Waals surface area contributed by atoms with E-state index in [4.69, 9.17) is 4.74 Å². The lowest BCUT2D eigenvalue weighted by atomic mass is 10.1. The number of nitrogens with zero attached hydrogens (tertiary/aromatic N) is 1. The average Bonchev–Trinajstić information content (AvgIpc) is 2.75. The number of carbonyl (C=O) groups excluding carboxylic acids is 2. The molecule has 0 aliphatic carbocycles. The van der Waals surface area contributed by atoms with Gasteiger partial charge in [0.15, 0.2) is 6.61 Å². The number of amides is 2. The van der Waals surface area contributed by atoms with E-state index in [1.165, 1.54) is 5.56 Å². The predicted molar refractivity (Wildman–Crippen MR) is 121 cm³/mol. The number of hydrogen-bond acceptors (Lipinski definition) is 3. The van der Waals surface area contributed by atoms with Crippen LogP contribution in [0.5, 0.6) is 5.75 Å². The minimum Gasteiger partial charge on any atom is -0.484 e. The SMILES string of the molecule is CCc1ccc(OCC(=O)N(CCc2ccccc2)[C@H](CC)C(=O)NC(C)C)cc1. The van der Waals surface area contributed by atoms with Gasteiger partial charge < -0.3 is 15.0 Å². The number of hydrogen-bond donors (Lipinski definition) is 1. The zero-order valence-corrected chi connectivity index (χ0v) is 18.6. The van der Waals surface area contributed by atoms with Crippen LogP contribution in [0.4, 0.5) is 0 Å². The maximum Gasteiger partial charge on any atom is 0.261 e. The Kier molecular flexibility index (Phi) is 9.39. The van der Waals surface area contributed by atoms with Crippen LogP contribution in [0.25, 0.3) is 0 Å². The summed E-state index contributed by atoms with van der Waals surface area (Å²) in [6.07, 6.45) is 2.18. The molecule has 0 aliphatic rings. The van der Waals surface area contributed by atoms with Crippen molar-refractivity contribution in [3.63, 3.8) is 0 Å². The Bertz CT molecular complexity index is 788. The minimum absolute atomic E-state index is 0.0194. The maximum absolute atomic E-state index is 13.1. The van der Waals surface area contributed by atoms with Crippen molar-refractivity contribution in [1.82, 2.24) is 10.2 Å². The van der Waals surface area contributed by atoms with Crippen LogP contribution < -0.4 is 10.1 Å². The van der Waals surface area contributed by atoms with Crippen LogP contribution in [0, 0.1) is 0 Å². The molecule has 5 heteroatoms. The quantitative estimate of drug-likeness (QED) is 0.609. The highest BCUT2D eigenvalue weighted by molar-refractivity contribution is 5.88. The van der Waals surface area contributed by atoms with E-state index < -0.39 is 6.04 Å². The highest BCUT2D eigenvalue weighted by atomic mass is 16.5. The van der Waals surface area contributed by atoms with Gasteiger partial charge in [-0.2, -0.15) is 0 Å². The van der Waals surface area contributed by atoms with Crippen molar-refractivity contribution in [1.29, 1.82) is 0 Å². The van der Waals surface area contributed by atoms with Crippen molar-refractivity contribution in [2.24, 2.45) is 0 Å². The summed E-state index contributed by atoms with van der Waals surface area (Å²) in [7, 11) is 0. The summed E-state index contributed by atoms with van der Waals surface area (Å²) in [5, 5.41) is 2.94. The molecule has 0 bridgehead atoms. The van der Waals surface area contributed by atoms with Crippen molar-refractivity contribution in [3.05, 3.63) is 65.7 Å². The lowest BCUT2D eigenvalue weighted by molar-refractivity contribution is -0.142. The molecule has 0 aliphatic heterocycles. The van der Waals surface area contributed by atoms with Gasteiger partial charge in [-0.3, -0.25) is 9.59 Å². The Hall–Kier alpha value is -2.82. The first-order valence-electron chi connectivity index (χ1n) is 10.8. The lowest BCUT2D eigenvalue weighted by Gasteiger charge is -2.31. The van der Waals surface area contributed by atoms with Crippen LogP contribution in [-0.4, -0.2) is 41.9 Å². The van der Waals surface area contributed by atoms with Crippen LogP contribution in [0.15, 0.2) is 54.6 Å². The molecule has 2 aromatic rings. The van der Waals surface area contributed by atoms with Gasteiger partial charge in [-0.1, -0.05) is 56.3 Å². The molecule has 0 saturated heterocycles. The van der Waals surface area contributed by atoms with Gasteiger partial charge in [0, 0.05) is 12.6 Å². The number of nitrogens with one attached hydrogen (secondary N) is 1. The van der Waals surface area contributed by atoms with E-state index in [0.717, 1.165) is 12.0 Å². The molecule has 30 heavy (non-hydrogen) atoms. The summed E-state index contributed by atoms with van der Waals surface area (Å²) in [6.45, 7) is 8.24. The fraction of sp³-hybridized carbons (Fsp3) is 0.440. The van der Waals surface area contributed by atoms with Gasteiger partial charge in [0.1, 0.15) is 11.8 Å². The number of rotatable bonds is 11. The van der Waals surface area contributed by atoms with Crippen LogP contribution >= 0.6 is 0 Å². The molecule has 0 saturated carbocycles. The van der Waals surface area contributed by atoms with Crippen LogP contribution in [-0.2, 0) is 22.4 Å². The molecule has 1 atom stereocenters. The molecule has 0 unspecified atom stereocenters. The number of aryl methyl sites for hydroxylation is 1. The monoisotopic (exact) mass is 410 g/mol. The van der Waals surface area contributed by atoms with Crippen LogP contribution in [0.1, 0.15) is 45.2 Å². The molecule has 0 heterocycles. The van der Waals surface area contributed by atoms with Gasteiger partial charge in [-0.15, -0.1) is 0 Å². The van der Waals surface area contributed by atoms with Gasteiger partial charge in [0.25, 0.3) is 5.91 Å². The van der Waals surface area contributed by atoms with Crippen molar-refractivity contribution >= 4 is 11.8 Å². The Labute approximate surface area is 180 Å². The third kappa shape index (κ3) is 7.21. The summed E-state index contributed by atoms with van der Waals surface area (Å²) in [5.41, 5.74) is 2.35. The zero-order valence-electron chi connectivity index (χ0n) is 18.6. The molecule has 2 aromatic carbocycles. The molecular formula is C25H34N2O3. The Morgan fingerprint density at radius 3 is 2.20 bits per heavy atom. The van der Waals surface area contributed by atoms with Gasteiger partial charge >= 0.3 is 0 Å². The van der Waals surface area contributed by atoms with Crippen LogP contribution in [0.3, 0.4) is 0 Å². The number of benzene rings is 2. The normalized spacial score (nSPS) is 11.8. The smallest absolute Gasteiger partial charge is 0.261 e. The van der Waals surface area contributed by atoms with Gasteiger partial charge in [-0.05, 0) is 56.4 Å². The summed E-state index contributed by atoms with van der Waals surface area (Å²) < 4.78 is 5.73. The third-order valence-corrected chi connectivity index (χ3v) is 4.99. The first-order chi connectivity index (χ1) is 14.4. The summed E-state index contributed by atoms with van der Waals surface area (Å²) in [4.78, 5) is 27.5. The molecule has 0 radical (unpaired) electrons. The van der Waals surface area contributed by atoms with Crippen LogP contribution in [0.2, 0.25) is 0 Å². The van der Waals surface area contributed by atoms with E-state index in [2.05, 4.69) is 12.2 Å². The molecule has 2 rings (SSSR count). The summed E-state index contributed by atoms with van der Waals surface area (Å²) >= 11 is 0. The Morgan fingerprint density at radius 2 is 1.63 bits per heavy atom. The second-order valence-corrected chi connectivity index (χ2v) is 7.70. The molecule has 0 fully saturated rings. The predicted octanol–water partition coefficient (Wildman–Crippen LogP) is 4.00. The lowest BCUT2D eigenvalue weighted by Crippen LogP contribution is -2.52. The maximum atomic E-state index is 13.1. The summed E-state index contributed by atoms with van der Waals surface area (Å²) in [5.74, 6) is 0.348. The van der Waals surface area contributed by atoms with Crippen molar-refractivity contribution in [2.75, 3.05) is 13.2 Å². The van der Waals surface area contributed by atoms with E-state index >= 15 is 0 Å². The van der Waals surface area contributed by atoms with Crippen molar-refractivity contribution < 1.29 is 14.3 Å². The summed E-state index contributed by atoms with van der Waals surface area (Å²) in [6, 6.07) is 17.2. The van der Waals surface area contributed by atoms with Crippen molar-refractivity contribution in [3.8, 4) is 5.75 Å². The number of ether oxygens (including phenoxy) is 1. The molecule has 0 spiro atoms. The zero-order chi connectivity index (χ0) is 21.9. The van der Waals surface area contributed by atoms with E-state index in [9.17, 15) is 9.59 Å². The second kappa shape index (κ2) is 12.0. The van der Waals surface area contributed by atoms with E-state index in [0.29, 0.717) is 25.1 Å². The standard InChI is InChI=1S/C25H34N2O3/c1-5-20-12-14-22(15-13-20)30-18-24(28)27(17-16-21-10-8-7-9-11-21)23(6-2)25(29)26-19(3)4/h7-15,19,23H,5-6,16-18H2,1-4H3,(H,26,29)/t23-/m1/s1. The second-order valence-electron chi connectivity index (χ2n) is 7.70. The molecule has 162 valence electrons. The highest BCUT2D eigenvalue weighted by Gasteiger charge is 2.28. The average molecular weight is 411 g/mol. The first kappa shape index (κ1) is 23.5. The minimum atomic E-state index is -0.519. The highest BCUT2D eigenvalue weighted by Crippen LogP contribution is 2.14. The van der Waals surface area contributed by atoms with E-state index in [1.54, 1.807) is 4.90 Å². The molecular weight excluding hydrogens is 376 g/mol. The van der Waals surface area contributed by atoms with E-state index in [1.807, 2.05) is 75.4 Å². The molecule has 2 amide bonds. The molecule has 1 N–H and O–H groups in total. The van der Waals surface area contributed by atoms with Gasteiger partial charge in [0.05, 0.1) is 0 Å². The van der Waals surface area contributed by atoms with E-state index in [-0.39, 0.29) is 24.5 Å². The Balaban J connectivity index is 2.10. The molecule has 0 aromatic heterocycles. The Morgan fingerprint density at radius 1 is 0.967 bits per heavy atom. The number of carbonyl (C=O) groups is 2. The fourth-order valence-corrected chi connectivity index (χ4v) is 3.33. The largest absolute Gasteiger partial charge is 0.484 e. The van der Waals surface area contributed by atoms with Crippen molar-refractivity contribution in [2.45, 2.75) is 59.0 Å². The van der Waals surface area contributed by atoms with Gasteiger partial charge in [-0.25, -0.2) is 0 Å². The third-order valence-electron chi connectivity index (χ3n) is 4.99. The first-order valence-corrected chi connectivity index (χ1v) is 10.8.